The largest absolute Gasteiger partial charge is 0.382 e. The summed E-state index contributed by atoms with van der Waals surface area (Å²) in [4.78, 5) is 11.8. The fourth-order valence-electron chi connectivity index (χ4n) is 2.02. The molecule has 1 atom stereocenters. The molecule has 1 aromatic heterocycles. The highest BCUT2D eigenvalue weighted by Gasteiger charge is 2.10. The first-order valence-electron chi connectivity index (χ1n) is 6.09. The Bertz CT molecular complexity index is 567. The third-order valence-corrected chi connectivity index (χ3v) is 3.67. The summed E-state index contributed by atoms with van der Waals surface area (Å²) in [6.45, 7) is 3.94. The summed E-state index contributed by atoms with van der Waals surface area (Å²) < 4.78 is 0. The molecule has 19 heavy (non-hydrogen) atoms. The number of hydrogen-bond donors (Lipinski definition) is 1. The number of rotatable bonds is 5. The van der Waals surface area contributed by atoms with Crippen molar-refractivity contribution < 1.29 is 4.92 Å². The third kappa shape index (κ3) is 3.79. The molecule has 1 aromatic carbocycles. The van der Waals surface area contributed by atoms with E-state index in [1.54, 1.807) is 23.5 Å². The molecule has 0 spiro atoms. The normalized spacial score (nSPS) is 12.1. The van der Waals surface area contributed by atoms with E-state index in [1.165, 1.54) is 4.88 Å². The second kappa shape index (κ2) is 5.84. The van der Waals surface area contributed by atoms with Crippen LogP contribution in [0.3, 0.4) is 0 Å². The number of anilines is 1. The molecule has 1 heterocycles. The fraction of sp³-hybridized carbons (Fsp3) is 0.286. The summed E-state index contributed by atoms with van der Waals surface area (Å²) in [5.74, 6) is 0. The third-order valence-electron chi connectivity index (χ3n) is 2.77. The van der Waals surface area contributed by atoms with E-state index >= 15 is 0 Å². The Morgan fingerprint density at radius 3 is 2.84 bits per heavy atom. The molecule has 4 nitrogen and oxygen atoms in total. The fourth-order valence-corrected chi connectivity index (χ4v) is 2.85. The molecular weight excluding hydrogens is 260 g/mol. The molecule has 0 saturated heterocycles. The summed E-state index contributed by atoms with van der Waals surface area (Å²) in [6, 6.07) is 9.46. The number of nitrogens with zero attached hydrogens (tertiary/aromatic N) is 1. The maximum absolute atomic E-state index is 10.8. The number of hydrogen-bond acceptors (Lipinski definition) is 4. The van der Waals surface area contributed by atoms with Gasteiger partial charge in [0.1, 0.15) is 0 Å². The molecule has 2 rings (SSSR count). The number of benzene rings is 1. The number of non-ortho nitro benzene ring substituents is 1. The van der Waals surface area contributed by atoms with Gasteiger partial charge in [0.05, 0.1) is 4.92 Å². The van der Waals surface area contributed by atoms with Crippen LogP contribution in [-0.2, 0) is 6.42 Å². The van der Waals surface area contributed by atoms with Gasteiger partial charge in [-0.1, -0.05) is 6.07 Å². The summed E-state index contributed by atoms with van der Waals surface area (Å²) in [5, 5.41) is 16.2. The SMILES string of the molecule is Cc1cc(NC(C)Cc2cccs2)cc([N+](=O)[O-])c1. The van der Waals surface area contributed by atoms with Crippen molar-refractivity contribution >= 4 is 22.7 Å². The van der Waals surface area contributed by atoms with E-state index < -0.39 is 0 Å². The molecule has 0 bridgehead atoms. The minimum absolute atomic E-state index is 0.130. The molecule has 0 amide bonds. The quantitative estimate of drug-likeness (QED) is 0.663. The van der Waals surface area contributed by atoms with Crippen LogP contribution in [0.1, 0.15) is 17.4 Å². The second-order valence-electron chi connectivity index (χ2n) is 4.64. The van der Waals surface area contributed by atoms with Gasteiger partial charge in [-0.2, -0.15) is 0 Å². The van der Waals surface area contributed by atoms with E-state index in [-0.39, 0.29) is 16.7 Å². The lowest BCUT2D eigenvalue weighted by atomic mass is 10.1. The monoisotopic (exact) mass is 276 g/mol. The van der Waals surface area contributed by atoms with Crippen molar-refractivity contribution in [3.05, 3.63) is 56.3 Å². The highest BCUT2D eigenvalue weighted by atomic mass is 32.1. The zero-order chi connectivity index (χ0) is 13.8. The van der Waals surface area contributed by atoms with Gasteiger partial charge >= 0.3 is 0 Å². The van der Waals surface area contributed by atoms with Crippen LogP contribution < -0.4 is 5.32 Å². The Balaban J connectivity index is 2.08. The molecule has 100 valence electrons. The van der Waals surface area contributed by atoms with E-state index in [1.807, 2.05) is 19.1 Å². The van der Waals surface area contributed by atoms with Crippen molar-refractivity contribution in [3.63, 3.8) is 0 Å². The van der Waals surface area contributed by atoms with Crippen LogP contribution in [0.15, 0.2) is 35.7 Å². The van der Waals surface area contributed by atoms with E-state index in [0.717, 1.165) is 17.7 Å². The van der Waals surface area contributed by atoms with Gasteiger partial charge in [-0.3, -0.25) is 10.1 Å². The zero-order valence-electron chi connectivity index (χ0n) is 10.9. The van der Waals surface area contributed by atoms with Gasteiger partial charge in [0.15, 0.2) is 0 Å². The first kappa shape index (κ1) is 13.5. The second-order valence-corrected chi connectivity index (χ2v) is 5.68. The van der Waals surface area contributed by atoms with Gasteiger partial charge in [-0.15, -0.1) is 11.3 Å². The molecule has 2 aromatic rings. The van der Waals surface area contributed by atoms with Crippen LogP contribution in [0.4, 0.5) is 11.4 Å². The Morgan fingerprint density at radius 2 is 2.21 bits per heavy atom. The Labute approximate surface area is 116 Å². The lowest BCUT2D eigenvalue weighted by Gasteiger charge is -2.14. The first-order valence-corrected chi connectivity index (χ1v) is 6.97. The maximum Gasteiger partial charge on any atom is 0.271 e. The molecule has 0 aliphatic carbocycles. The van der Waals surface area contributed by atoms with E-state index in [4.69, 9.17) is 0 Å². The lowest BCUT2D eigenvalue weighted by Crippen LogP contribution is -2.17. The minimum atomic E-state index is -0.359. The number of nitro groups is 1. The molecule has 1 N–H and O–H groups in total. The van der Waals surface area contributed by atoms with Crippen LogP contribution in [0.5, 0.6) is 0 Å². The molecule has 5 heteroatoms. The lowest BCUT2D eigenvalue weighted by molar-refractivity contribution is -0.384. The summed E-state index contributed by atoms with van der Waals surface area (Å²) in [6.07, 6.45) is 0.916. The summed E-state index contributed by atoms with van der Waals surface area (Å²) in [5.41, 5.74) is 1.82. The average molecular weight is 276 g/mol. The summed E-state index contributed by atoms with van der Waals surface area (Å²) >= 11 is 1.72. The van der Waals surface area contributed by atoms with Crippen molar-refractivity contribution in [2.45, 2.75) is 26.3 Å². The summed E-state index contributed by atoms with van der Waals surface area (Å²) in [7, 11) is 0. The molecular formula is C14H16N2O2S. The van der Waals surface area contributed by atoms with Crippen molar-refractivity contribution in [2.75, 3.05) is 5.32 Å². The van der Waals surface area contributed by atoms with Crippen molar-refractivity contribution in [1.82, 2.24) is 0 Å². The van der Waals surface area contributed by atoms with Crippen LogP contribution in [0.2, 0.25) is 0 Å². The topological polar surface area (TPSA) is 55.2 Å². The van der Waals surface area contributed by atoms with Crippen LogP contribution >= 0.6 is 11.3 Å². The zero-order valence-corrected chi connectivity index (χ0v) is 11.7. The van der Waals surface area contributed by atoms with Crippen LogP contribution in [-0.4, -0.2) is 11.0 Å². The standard InChI is InChI=1S/C14H16N2O2S/c1-10-6-12(9-13(7-10)16(17)18)15-11(2)8-14-4-3-5-19-14/h3-7,9,11,15H,8H2,1-2H3. The number of thiophene rings is 1. The Morgan fingerprint density at radius 1 is 1.42 bits per heavy atom. The van der Waals surface area contributed by atoms with Crippen LogP contribution in [0, 0.1) is 17.0 Å². The molecule has 0 fully saturated rings. The molecule has 0 saturated carbocycles. The highest BCUT2D eigenvalue weighted by molar-refractivity contribution is 7.09. The van der Waals surface area contributed by atoms with Gasteiger partial charge in [-0.25, -0.2) is 0 Å². The number of aryl methyl sites for hydroxylation is 1. The first-order chi connectivity index (χ1) is 9.04. The van der Waals surface area contributed by atoms with Crippen molar-refractivity contribution in [1.29, 1.82) is 0 Å². The molecule has 0 radical (unpaired) electrons. The Kier molecular flexibility index (Phi) is 4.16. The van der Waals surface area contributed by atoms with E-state index in [9.17, 15) is 10.1 Å². The number of nitro benzene ring substituents is 1. The van der Waals surface area contributed by atoms with Gasteiger partial charge < -0.3 is 5.32 Å². The van der Waals surface area contributed by atoms with Crippen LogP contribution in [0.25, 0.3) is 0 Å². The molecule has 0 aliphatic heterocycles. The van der Waals surface area contributed by atoms with Gasteiger partial charge in [0.2, 0.25) is 0 Å². The van der Waals surface area contributed by atoms with Crippen molar-refractivity contribution in [2.24, 2.45) is 0 Å². The maximum atomic E-state index is 10.8. The highest BCUT2D eigenvalue weighted by Crippen LogP contribution is 2.22. The van der Waals surface area contributed by atoms with Gasteiger partial charge in [-0.05, 0) is 36.9 Å². The predicted octanol–water partition coefficient (Wildman–Crippen LogP) is 4.01. The molecule has 1 unspecified atom stereocenters. The van der Waals surface area contributed by atoms with E-state index in [2.05, 4.69) is 23.7 Å². The number of nitrogens with one attached hydrogen (secondary N) is 1. The van der Waals surface area contributed by atoms with Gasteiger partial charge in [0, 0.05) is 35.2 Å². The van der Waals surface area contributed by atoms with Gasteiger partial charge in [0.25, 0.3) is 5.69 Å². The van der Waals surface area contributed by atoms with E-state index in [0.29, 0.717) is 0 Å². The Hall–Kier alpha value is -1.88. The molecule has 0 aliphatic rings. The van der Waals surface area contributed by atoms with Crippen molar-refractivity contribution in [3.8, 4) is 0 Å². The average Bonchev–Trinajstić information content (AvgIpc) is 2.80. The minimum Gasteiger partial charge on any atom is -0.382 e. The smallest absolute Gasteiger partial charge is 0.271 e. The predicted molar refractivity (Wildman–Crippen MR) is 78.9 cm³/mol.